The largest absolute Gasteiger partial charge is 0.467 e. The van der Waals surface area contributed by atoms with Crippen LogP contribution in [0.15, 0.2) is 12.1 Å². The highest BCUT2D eigenvalue weighted by Crippen LogP contribution is 2.62. The Kier molecular flexibility index (Phi) is 8.05. The molecule has 0 N–H and O–H groups in total. The zero-order valence-electron chi connectivity index (χ0n) is 19.3. The highest BCUT2D eigenvalue weighted by atomic mass is 16.7. The molecule has 4 aliphatic carbocycles. The predicted octanol–water partition coefficient (Wildman–Crippen LogP) is 3.97. The van der Waals surface area contributed by atoms with E-state index in [1.807, 2.05) is 12.1 Å². The number of carbonyl (C=O) groups excluding carboxylic acids is 1. The third-order valence-corrected chi connectivity index (χ3v) is 7.31. The zero-order valence-corrected chi connectivity index (χ0v) is 19.3. The van der Waals surface area contributed by atoms with E-state index in [1.165, 1.54) is 38.5 Å². The molecule has 178 valence electrons. The number of aldehydes is 1. The monoisotopic (exact) mass is 448 g/mol. The van der Waals surface area contributed by atoms with Gasteiger partial charge in [0.1, 0.15) is 11.5 Å². The second kappa shape index (κ2) is 11.0. The number of hydrogen-bond donors (Lipinski definition) is 0. The molecule has 4 aliphatic rings. The molecule has 0 atom stereocenters. The van der Waals surface area contributed by atoms with Gasteiger partial charge >= 0.3 is 0 Å². The number of rotatable bonds is 14. The Labute approximate surface area is 190 Å². The van der Waals surface area contributed by atoms with Crippen LogP contribution in [-0.4, -0.2) is 60.5 Å². The first kappa shape index (κ1) is 23.5. The fraction of sp³-hybridized carbons (Fsp3) is 0.720. The van der Waals surface area contributed by atoms with Crippen LogP contribution in [0.4, 0.5) is 0 Å². The van der Waals surface area contributed by atoms with Crippen LogP contribution in [0.5, 0.6) is 11.5 Å². The number of ether oxygens (including phenoxy) is 6. The van der Waals surface area contributed by atoms with Gasteiger partial charge in [-0.05, 0) is 67.8 Å². The first-order valence-electron chi connectivity index (χ1n) is 11.7. The fourth-order valence-corrected chi connectivity index (χ4v) is 6.38. The maximum absolute atomic E-state index is 12.0. The molecular formula is C25H36O7. The maximum atomic E-state index is 12.0. The van der Waals surface area contributed by atoms with Crippen LogP contribution in [0, 0.1) is 17.8 Å². The van der Waals surface area contributed by atoms with E-state index in [0.29, 0.717) is 37.7 Å². The second-order valence-electron chi connectivity index (χ2n) is 9.53. The minimum absolute atomic E-state index is 0.0463. The van der Waals surface area contributed by atoms with Crippen molar-refractivity contribution in [3.63, 3.8) is 0 Å². The molecule has 7 nitrogen and oxygen atoms in total. The van der Waals surface area contributed by atoms with E-state index in [4.69, 9.17) is 28.4 Å². The summed E-state index contributed by atoms with van der Waals surface area (Å²) in [5, 5.41) is 0. The summed E-state index contributed by atoms with van der Waals surface area (Å²) in [7, 11) is 3.27. The topological polar surface area (TPSA) is 72.5 Å². The molecule has 7 heteroatoms. The van der Waals surface area contributed by atoms with E-state index < -0.39 is 0 Å². The van der Waals surface area contributed by atoms with Gasteiger partial charge in [0, 0.05) is 25.8 Å². The normalized spacial score (nSPS) is 28.1. The Morgan fingerprint density at radius 3 is 1.84 bits per heavy atom. The van der Waals surface area contributed by atoms with Gasteiger partial charge in [0.05, 0.1) is 32.0 Å². The van der Waals surface area contributed by atoms with Crippen LogP contribution in [0.2, 0.25) is 0 Å². The lowest BCUT2D eigenvalue weighted by molar-refractivity contribution is -0.0200. The molecule has 1 aromatic rings. The number of benzene rings is 1. The van der Waals surface area contributed by atoms with E-state index >= 15 is 0 Å². The van der Waals surface area contributed by atoms with Crippen molar-refractivity contribution in [2.24, 2.45) is 17.8 Å². The van der Waals surface area contributed by atoms with Gasteiger partial charge in [0.15, 0.2) is 19.9 Å². The average molecular weight is 449 g/mol. The van der Waals surface area contributed by atoms with E-state index in [1.54, 1.807) is 14.2 Å². The van der Waals surface area contributed by atoms with Gasteiger partial charge in [-0.1, -0.05) is 0 Å². The van der Waals surface area contributed by atoms with Crippen molar-refractivity contribution in [2.45, 2.75) is 43.9 Å². The Balaban J connectivity index is 1.56. The van der Waals surface area contributed by atoms with Crippen molar-refractivity contribution in [3.05, 3.63) is 23.3 Å². The third-order valence-electron chi connectivity index (χ3n) is 7.31. The van der Waals surface area contributed by atoms with Gasteiger partial charge in [-0.3, -0.25) is 4.79 Å². The summed E-state index contributed by atoms with van der Waals surface area (Å²) < 4.78 is 32.9. The van der Waals surface area contributed by atoms with Crippen molar-refractivity contribution in [3.8, 4) is 11.5 Å². The molecule has 4 fully saturated rings. The van der Waals surface area contributed by atoms with E-state index in [-0.39, 0.29) is 19.0 Å². The SMILES string of the molecule is COCCOCOc1cc(OCOCCOC)c(C23CC4CC(CC(C4)C2)C3)cc1C=O. The smallest absolute Gasteiger partial charge is 0.189 e. The van der Waals surface area contributed by atoms with Crippen molar-refractivity contribution in [2.75, 3.05) is 54.2 Å². The van der Waals surface area contributed by atoms with Crippen LogP contribution in [0.1, 0.15) is 54.4 Å². The van der Waals surface area contributed by atoms with Crippen molar-refractivity contribution in [1.29, 1.82) is 0 Å². The summed E-state index contributed by atoms with van der Waals surface area (Å²) >= 11 is 0. The van der Waals surface area contributed by atoms with Gasteiger partial charge in [0.25, 0.3) is 0 Å². The Bertz CT molecular complexity index is 728. The molecule has 0 aliphatic heterocycles. The van der Waals surface area contributed by atoms with E-state index in [9.17, 15) is 4.79 Å². The van der Waals surface area contributed by atoms with Gasteiger partial charge in [-0.25, -0.2) is 0 Å². The number of methoxy groups -OCH3 is 2. The van der Waals surface area contributed by atoms with Crippen LogP contribution in [0.25, 0.3) is 0 Å². The summed E-state index contributed by atoms with van der Waals surface area (Å²) in [5.74, 6) is 3.59. The summed E-state index contributed by atoms with van der Waals surface area (Å²) in [6, 6.07) is 3.84. The Morgan fingerprint density at radius 2 is 1.34 bits per heavy atom. The highest BCUT2D eigenvalue weighted by Gasteiger charge is 2.52. The summed E-state index contributed by atoms with van der Waals surface area (Å²) in [6.45, 7) is 2.07. The molecule has 0 saturated heterocycles. The third kappa shape index (κ3) is 5.28. The zero-order chi connectivity index (χ0) is 22.4. The van der Waals surface area contributed by atoms with Crippen LogP contribution < -0.4 is 9.47 Å². The lowest BCUT2D eigenvalue weighted by atomic mass is 9.48. The highest BCUT2D eigenvalue weighted by molar-refractivity contribution is 5.81. The molecule has 0 amide bonds. The van der Waals surface area contributed by atoms with Crippen LogP contribution in [0.3, 0.4) is 0 Å². The van der Waals surface area contributed by atoms with Gasteiger partial charge in [-0.15, -0.1) is 0 Å². The van der Waals surface area contributed by atoms with Gasteiger partial charge < -0.3 is 28.4 Å². The molecule has 4 saturated carbocycles. The minimum atomic E-state index is 0.0463. The number of hydrogen-bond acceptors (Lipinski definition) is 7. The minimum Gasteiger partial charge on any atom is -0.467 e. The van der Waals surface area contributed by atoms with Crippen LogP contribution in [-0.2, 0) is 24.4 Å². The van der Waals surface area contributed by atoms with Gasteiger partial charge in [-0.2, -0.15) is 0 Å². The summed E-state index contributed by atoms with van der Waals surface area (Å²) in [6.07, 6.45) is 8.48. The maximum Gasteiger partial charge on any atom is 0.189 e. The van der Waals surface area contributed by atoms with Crippen molar-refractivity contribution >= 4 is 6.29 Å². The lowest BCUT2D eigenvalue weighted by Gasteiger charge is -2.57. The number of carbonyl (C=O) groups is 1. The first-order chi connectivity index (χ1) is 15.7. The summed E-state index contributed by atoms with van der Waals surface area (Å²) in [4.78, 5) is 12.0. The standard InChI is InChI=1S/C25H36O7/c1-27-3-5-29-16-31-23-11-24(32-17-30-6-4-28-2)22(10-21(23)15-26)25-12-18-7-19(13-25)9-20(8-18)14-25/h10-11,15,18-20H,3-9,12-14,16-17H2,1-2H3. The molecule has 1 aromatic carbocycles. The van der Waals surface area contributed by atoms with E-state index in [0.717, 1.165) is 35.4 Å². The predicted molar refractivity (Wildman–Crippen MR) is 118 cm³/mol. The van der Waals surface area contributed by atoms with E-state index in [2.05, 4.69) is 0 Å². The molecule has 0 spiro atoms. The van der Waals surface area contributed by atoms with Crippen LogP contribution >= 0.6 is 0 Å². The summed E-state index contributed by atoms with van der Waals surface area (Å²) in [5.41, 5.74) is 1.77. The van der Waals surface area contributed by atoms with Gasteiger partial charge in [0.2, 0.25) is 0 Å². The Hall–Kier alpha value is -1.67. The van der Waals surface area contributed by atoms with Crippen molar-refractivity contribution < 1.29 is 33.2 Å². The second-order valence-corrected chi connectivity index (χ2v) is 9.53. The molecule has 4 bridgehead atoms. The lowest BCUT2D eigenvalue weighted by Crippen LogP contribution is -2.48. The average Bonchev–Trinajstić information content (AvgIpc) is 2.78. The Morgan fingerprint density at radius 1 is 0.812 bits per heavy atom. The molecule has 0 unspecified atom stereocenters. The van der Waals surface area contributed by atoms with Crippen molar-refractivity contribution in [1.82, 2.24) is 0 Å². The fourth-order valence-electron chi connectivity index (χ4n) is 6.38. The molecule has 0 radical (unpaired) electrons. The molecule has 0 aromatic heterocycles. The first-order valence-corrected chi connectivity index (χ1v) is 11.7. The quantitative estimate of drug-likeness (QED) is 0.242. The molecule has 5 rings (SSSR count). The molecular weight excluding hydrogens is 412 g/mol. The molecule has 32 heavy (non-hydrogen) atoms. The molecule has 0 heterocycles.